The average Bonchev–Trinajstić information content (AvgIpc) is 2.36. The van der Waals surface area contributed by atoms with E-state index in [0.717, 1.165) is 25.5 Å². The molecule has 0 aliphatic heterocycles. The van der Waals surface area contributed by atoms with Crippen molar-refractivity contribution in [3.8, 4) is 0 Å². The molecule has 0 aromatic rings. The van der Waals surface area contributed by atoms with Crippen LogP contribution in [-0.2, 0) is 9.53 Å². The van der Waals surface area contributed by atoms with E-state index in [1.54, 1.807) is 7.11 Å². The van der Waals surface area contributed by atoms with Gasteiger partial charge in [0, 0.05) is 32.7 Å². The number of rotatable bonds is 9. The molecule has 6 heteroatoms. The first-order valence-electron chi connectivity index (χ1n) is 6.94. The maximum absolute atomic E-state index is 11.4. The average molecular weight is 272 g/mol. The van der Waals surface area contributed by atoms with Crippen LogP contribution in [0.5, 0.6) is 0 Å². The number of methoxy groups -OCH3 is 1. The number of carbonyl (C=O) groups excluding carboxylic acids is 1. The van der Waals surface area contributed by atoms with Crippen LogP contribution in [0.1, 0.15) is 33.6 Å². The van der Waals surface area contributed by atoms with Crippen LogP contribution in [0.15, 0.2) is 4.99 Å². The van der Waals surface area contributed by atoms with E-state index in [1.165, 1.54) is 0 Å². The Bertz CT molecular complexity index is 269. The Morgan fingerprint density at radius 1 is 1.32 bits per heavy atom. The molecule has 0 heterocycles. The summed E-state index contributed by atoms with van der Waals surface area (Å²) in [6.45, 7) is 8.66. The van der Waals surface area contributed by atoms with Gasteiger partial charge < -0.3 is 20.7 Å². The predicted octanol–water partition coefficient (Wildman–Crippen LogP) is 0.493. The smallest absolute Gasteiger partial charge is 0.221 e. The maximum Gasteiger partial charge on any atom is 0.221 e. The first kappa shape index (κ1) is 17.7. The van der Waals surface area contributed by atoms with E-state index in [2.05, 4.69) is 20.9 Å². The molecule has 0 aliphatic carbocycles. The second-order valence-electron chi connectivity index (χ2n) is 4.36. The van der Waals surface area contributed by atoms with Crippen LogP contribution in [0.3, 0.4) is 0 Å². The number of ether oxygens (including phenoxy) is 1. The van der Waals surface area contributed by atoms with Crippen molar-refractivity contribution in [2.75, 3.05) is 33.4 Å². The van der Waals surface area contributed by atoms with E-state index >= 15 is 0 Å². The van der Waals surface area contributed by atoms with E-state index < -0.39 is 0 Å². The van der Waals surface area contributed by atoms with Gasteiger partial charge in [-0.2, -0.15) is 0 Å². The fourth-order valence-corrected chi connectivity index (χ4v) is 1.47. The molecule has 0 saturated heterocycles. The third-order valence-corrected chi connectivity index (χ3v) is 2.32. The van der Waals surface area contributed by atoms with E-state index in [4.69, 9.17) is 4.74 Å². The lowest BCUT2D eigenvalue weighted by Crippen LogP contribution is -2.44. The second kappa shape index (κ2) is 11.8. The molecule has 0 saturated carbocycles. The van der Waals surface area contributed by atoms with Crippen LogP contribution in [0.4, 0.5) is 0 Å². The molecule has 1 atom stereocenters. The van der Waals surface area contributed by atoms with Gasteiger partial charge in [0.05, 0.1) is 13.2 Å². The van der Waals surface area contributed by atoms with Gasteiger partial charge in [-0.3, -0.25) is 9.79 Å². The van der Waals surface area contributed by atoms with Crippen molar-refractivity contribution in [3.63, 3.8) is 0 Å². The lowest BCUT2D eigenvalue weighted by atomic mass is 10.3. The molecule has 0 rings (SSSR count). The number of hydrogen-bond donors (Lipinski definition) is 3. The number of aliphatic imine (C=N–C) groups is 1. The molecule has 0 fully saturated rings. The van der Waals surface area contributed by atoms with Gasteiger partial charge in [0.25, 0.3) is 0 Å². The summed E-state index contributed by atoms with van der Waals surface area (Å²) in [5.74, 6) is 0.765. The van der Waals surface area contributed by atoms with Gasteiger partial charge in [-0.25, -0.2) is 0 Å². The molecule has 0 aliphatic rings. The third kappa shape index (κ3) is 10.3. The fraction of sp³-hybridized carbons (Fsp3) is 0.846. The van der Waals surface area contributed by atoms with E-state index in [-0.39, 0.29) is 11.9 Å². The quantitative estimate of drug-likeness (QED) is 0.422. The number of guanidine groups is 1. The minimum Gasteiger partial charge on any atom is -0.383 e. The highest BCUT2D eigenvalue weighted by atomic mass is 16.5. The van der Waals surface area contributed by atoms with Crippen LogP contribution in [0, 0.1) is 0 Å². The summed E-state index contributed by atoms with van der Waals surface area (Å²) in [4.78, 5) is 15.8. The lowest BCUT2D eigenvalue weighted by molar-refractivity contribution is -0.120. The highest BCUT2D eigenvalue weighted by molar-refractivity contribution is 5.81. The molecule has 0 aromatic heterocycles. The zero-order chi connectivity index (χ0) is 14.5. The van der Waals surface area contributed by atoms with Crippen molar-refractivity contribution in [1.82, 2.24) is 16.0 Å². The Hall–Kier alpha value is -1.30. The highest BCUT2D eigenvalue weighted by Crippen LogP contribution is 1.86. The van der Waals surface area contributed by atoms with Gasteiger partial charge in [0.15, 0.2) is 5.96 Å². The molecule has 6 nitrogen and oxygen atoms in total. The zero-order valence-electron chi connectivity index (χ0n) is 12.6. The molecular weight excluding hydrogens is 244 g/mol. The van der Waals surface area contributed by atoms with Crippen molar-refractivity contribution in [2.45, 2.75) is 39.7 Å². The Morgan fingerprint density at radius 3 is 2.63 bits per heavy atom. The second-order valence-corrected chi connectivity index (χ2v) is 4.36. The summed E-state index contributed by atoms with van der Waals surface area (Å²) in [5, 5.41) is 9.19. The minimum absolute atomic E-state index is 0.0476. The van der Waals surface area contributed by atoms with E-state index in [9.17, 15) is 4.79 Å². The van der Waals surface area contributed by atoms with Crippen LogP contribution in [0.2, 0.25) is 0 Å². The minimum atomic E-state index is 0.0476. The Morgan fingerprint density at radius 2 is 2.05 bits per heavy atom. The van der Waals surface area contributed by atoms with Crippen molar-refractivity contribution < 1.29 is 9.53 Å². The number of hydrogen-bond acceptors (Lipinski definition) is 3. The van der Waals surface area contributed by atoms with Crippen molar-refractivity contribution in [1.29, 1.82) is 0 Å². The normalized spacial score (nSPS) is 12.9. The van der Waals surface area contributed by atoms with Crippen molar-refractivity contribution in [2.24, 2.45) is 4.99 Å². The molecular formula is C13H28N4O2. The number of nitrogens with zero attached hydrogens (tertiary/aromatic N) is 1. The Kier molecular flexibility index (Phi) is 11.0. The topological polar surface area (TPSA) is 74.8 Å². The van der Waals surface area contributed by atoms with Crippen LogP contribution in [-0.4, -0.2) is 51.3 Å². The van der Waals surface area contributed by atoms with Gasteiger partial charge in [-0.1, -0.05) is 6.92 Å². The molecule has 0 aromatic carbocycles. The number of carbonyl (C=O) groups is 1. The molecule has 1 unspecified atom stereocenters. The van der Waals surface area contributed by atoms with Gasteiger partial charge in [0.1, 0.15) is 0 Å². The molecule has 3 N–H and O–H groups in total. The maximum atomic E-state index is 11.4. The van der Waals surface area contributed by atoms with Gasteiger partial charge >= 0.3 is 0 Å². The van der Waals surface area contributed by atoms with Crippen LogP contribution < -0.4 is 16.0 Å². The molecule has 19 heavy (non-hydrogen) atoms. The number of nitrogens with one attached hydrogen (secondary N) is 3. The summed E-state index contributed by atoms with van der Waals surface area (Å²) in [5.41, 5.74) is 0. The van der Waals surface area contributed by atoms with Crippen LogP contribution >= 0.6 is 0 Å². The molecule has 0 spiro atoms. The standard InChI is InChI=1S/C13H28N4O2/c1-5-8-15-12(18)7-9-16-13(14-6-2)17-11(3)10-19-4/h11H,5-10H2,1-4H3,(H,15,18)(H2,14,16,17). The largest absolute Gasteiger partial charge is 0.383 e. The summed E-state index contributed by atoms with van der Waals surface area (Å²) in [6.07, 6.45) is 1.36. The first-order chi connectivity index (χ1) is 9.13. The summed E-state index contributed by atoms with van der Waals surface area (Å²) in [6, 6.07) is 0.178. The van der Waals surface area contributed by atoms with Crippen LogP contribution in [0.25, 0.3) is 0 Å². The van der Waals surface area contributed by atoms with Gasteiger partial charge in [0.2, 0.25) is 5.91 Å². The lowest BCUT2D eigenvalue weighted by Gasteiger charge is -2.16. The summed E-state index contributed by atoms with van der Waals surface area (Å²) >= 11 is 0. The van der Waals surface area contributed by atoms with Crippen molar-refractivity contribution >= 4 is 11.9 Å². The first-order valence-corrected chi connectivity index (χ1v) is 6.94. The molecule has 0 radical (unpaired) electrons. The summed E-state index contributed by atoms with van der Waals surface area (Å²) < 4.78 is 5.06. The zero-order valence-corrected chi connectivity index (χ0v) is 12.6. The van der Waals surface area contributed by atoms with E-state index in [1.807, 2.05) is 20.8 Å². The predicted molar refractivity (Wildman–Crippen MR) is 78.4 cm³/mol. The van der Waals surface area contributed by atoms with E-state index in [0.29, 0.717) is 19.6 Å². The Labute approximate surface area is 116 Å². The summed E-state index contributed by atoms with van der Waals surface area (Å²) in [7, 11) is 1.67. The van der Waals surface area contributed by atoms with Gasteiger partial charge in [-0.15, -0.1) is 0 Å². The number of amides is 1. The molecule has 112 valence electrons. The van der Waals surface area contributed by atoms with Crippen molar-refractivity contribution in [3.05, 3.63) is 0 Å². The SMILES string of the molecule is CCCNC(=O)CCN=C(NCC)NC(C)COC. The fourth-order valence-electron chi connectivity index (χ4n) is 1.47. The highest BCUT2D eigenvalue weighted by Gasteiger charge is 2.04. The Balaban J connectivity index is 4.07. The molecule has 1 amide bonds. The molecule has 0 bridgehead atoms. The monoisotopic (exact) mass is 272 g/mol. The van der Waals surface area contributed by atoms with Gasteiger partial charge in [-0.05, 0) is 20.3 Å². The third-order valence-electron chi connectivity index (χ3n) is 2.32.